The van der Waals surface area contributed by atoms with E-state index >= 15 is 4.39 Å². The number of benzene rings is 1. The van der Waals surface area contributed by atoms with Gasteiger partial charge in [0.15, 0.2) is 0 Å². The Bertz CT molecular complexity index is 1620. The van der Waals surface area contributed by atoms with Crippen molar-refractivity contribution in [3.8, 4) is 0 Å². The van der Waals surface area contributed by atoms with Crippen LogP contribution < -0.4 is 20.9 Å². The average Bonchev–Trinajstić information content (AvgIpc) is 3.07. The van der Waals surface area contributed by atoms with Gasteiger partial charge >= 0.3 is 6.18 Å². The van der Waals surface area contributed by atoms with Crippen molar-refractivity contribution in [2.75, 3.05) is 69.3 Å². The van der Waals surface area contributed by atoms with Crippen molar-refractivity contribution in [2.24, 2.45) is 5.73 Å². The van der Waals surface area contributed by atoms with E-state index in [0.29, 0.717) is 75.8 Å². The van der Waals surface area contributed by atoms with Crippen LogP contribution in [0.2, 0.25) is 0 Å². The lowest BCUT2D eigenvalue weighted by molar-refractivity contribution is -0.225. The number of carbonyl (C=O) groups excluding carboxylic acids is 2. The lowest BCUT2D eigenvalue weighted by Gasteiger charge is -2.46. The van der Waals surface area contributed by atoms with Crippen molar-refractivity contribution in [1.29, 1.82) is 0 Å². The second kappa shape index (κ2) is 13.7. The van der Waals surface area contributed by atoms with Gasteiger partial charge in [-0.3, -0.25) is 19.4 Å². The molecule has 2 amide bonds. The third-order valence-electron chi connectivity index (χ3n) is 10.1. The predicted molar refractivity (Wildman–Crippen MR) is 176 cm³/mol. The number of anilines is 2. The number of likely N-dealkylation sites (N-methyl/N-ethyl adjacent to an activating group) is 1. The van der Waals surface area contributed by atoms with Gasteiger partial charge in [0.05, 0.1) is 18.8 Å². The van der Waals surface area contributed by atoms with Crippen LogP contribution in [0.25, 0.3) is 5.57 Å². The minimum Gasteiger partial charge on any atom is -0.379 e. The Morgan fingerprint density at radius 1 is 1.08 bits per heavy atom. The molecule has 2 aromatic rings. The maximum absolute atomic E-state index is 16.8. The van der Waals surface area contributed by atoms with Crippen LogP contribution in [0.4, 0.5) is 29.2 Å². The van der Waals surface area contributed by atoms with Crippen LogP contribution in [0.15, 0.2) is 48.4 Å². The number of halogens is 4. The molecule has 0 radical (unpaired) electrons. The second-order valence-corrected chi connectivity index (χ2v) is 13.3. The van der Waals surface area contributed by atoms with Gasteiger partial charge in [0.2, 0.25) is 17.8 Å². The zero-order chi connectivity index (χ0) is 35.1. The van der Waals surface area contributed by atoms with E-state index in [1.165, 1.54) is 12.1 Å². The van der Waals surface area contributed by atoms with Gasteiger partial charge in [0.1, 0.15) is 5.92 Å². The van der Waals surface area contributed by atoms with Crippen molar-refractivity contribution in [3.63, 3.8) is 0 Å². The Hall–Kier alpha value is -4.08. The molecule has 2 unspecified atom stereocenters. The molecule has 3 N–H and O–H groups in total. The largest absolute Gasteiger partial charge is 0.428 e. The molecule has 4 atom stereocenters. The molecule has 6 rings (SSSR count). The molecule has 11 nitrogen and oxygen atoms in total. The van der Waals surface area contributed by atoms with E-state index in [4.69, 9.17) is 10.5 Å². The maximum Gasteiger partial charge on any atom is 0.428 e. The number of morpholine rings is 1. The smallest absolute Gasteiger partial charge is 0.379 e. The lowest BCUT2D eigenvalue weighted by atomic mass is 9.73. The number of hydrogen-bond donors (Lipinski definition) is 2. The summed E-state index contributed by atoms with van der Waals surface area (Å²) in [5, 5.41) is 2.18. The average molecular weight is 687 g/mol. The first kappa shape index (κ1) is 34.8. The molecule has 4 aliphatic rings. The highest BCUT2D eigenvalue weighted by molar-refractivity contribution is 6.01. The Labute approximate surface area is 282 Å². The molecule has 0 spiro atoms. The first-order valence-electron chi connectivity index (χ1n) is 16.5. The molecule has 49 heavy (non-hydrogen) atoms. The fourth-order valence-electron chi connectivity index (χ4n) is 7.30. The number of carbonyl (C=O) groups is 2. The third-order valence-corrected chi connectivity index (χ3v) is 10.1. The number of primary amides is 1. The van der Waals surface area contributed by atoms with Gasteiger partial charge in [-0.05, 0) is 38.5 Å². The third kappa shape index (κ3) is 6.63. The number of nitrogens with one attached hydrogen (secondary N) is 1. The molecule has 1 aromatic carbocycles. The van der Waals surface area contributed by atoms with Crippen LogP contribution in [0.1, 0.15) is 42.9 Å². The molecular weight excluding hydrogens is 644 g/mol. The van der Waals surface area contributed by atoms with Gasteiger partial charge < -0.3 is 25.6 Å². The number of aromatic nitrogens is 2. The molecule has 15 heteroatoms. The standard InChI is InChI=1S/C34H42F4N8O3/c1-21-17-46(18-22(2)43(21)3)29-25(7-4-8-26(29)28-31(48)40-16-27(30(39)47)33(28,35)34(36,37)38)24-6-5-9-45(20-24)32-41-14-23(15-42-32)19-44-10-12-49-13-11-44/h4,6-8,14-16,21-22,28H,5,9-13,17-20H2,1-3H3,(H2,39,47)(H,40,48)/t21-,22+,28?,33?. The first-order chi connectivity index (χ1) is 23.3. The van der Waals surface area contributed by atoms with Gasteiger partial charge in [-0.15, -0.1) is 0 Å². The topological polar surface area (TPSA) is 120 Å². The van der Waals surface area contributed by atoms with Crippen LogP contribution in [-0.4, -0.2) is 115 Å². The van der Waals surface area contributed by atoms with Gasteiger partial charge in [0, 0.05) is 93.3 Å². The lowest BCUT2D eigenvalue weighted by Crippen LogP contribution is -2.59. The molecule has 264 valence electrons. The van der Waals surface area contributed by atoms with Crippen LogP contribution in [0.3, 0.4) is 0 Å². The molecule has 4 aliphatic heterocycles. The van der Waals surface area contributed by atoms with E-state index in [9.17, 15) is 22.8 Å². The van der Waals surface area contributed by atoms with Gasteiger partial charge in [-0.2, -0.15) is 13.2 Å². The van der Waals surface area contributed by atoms with E-state index in [1.807, 2.05) is 36.8 Å². The van der Waals surface area contributed by atoms with Gasteiger partial charge in [-0.25, -0.2) is 14.4 Å². The summed E-state index contributed by atoms with van der Waals surface area (Å²) in [5.41, 5.74) is 2.05. The van der Waals surface area contributed by atoms with E-state index in [0.717, 1.165) is 24.2 Å². The fraction of sp³-hybridized carbons (Fsp3) is 0.529. The van der Waals surface area contributed by atoms with E-state index in [2.05, 4.69) is 25.1 Å². The fourth-order valence-corrected chi connectivity index (χ4v) is 7.30. The van der Waals surface area contributed by atoms with E-state index < -0.39 is 35.2 Å². The summed E-state index contributed by atoms with van der Waals surface area (Å²) in [5.74, 6) is -4.74. The van der Waals surface area contributed by atoms with Crippen molar-refractivity contribution < 1.29 is 31.9 Å². The van der Waals surface area contributed by atoms with Crippen molar-refractivity contribution >= 4 is 29.0 Å². The summed E-state index contributed by atoms with van der Waals surface area (Å²) in [4.78, 5) is 43.3. The number of hydrogen-bond acceptors (Lipinski definition) is 9. The van der Waals surface area contributed by atoms with Crippen molar-refractivity contribution in [3.05, 3.63) is 65.1 Å². The predicted octanol–water partition coefficient (Wildman–Crippen LogP) is 2.98. The summed E-state index contributed by atoms with van der Waals surface area (Å²) in [6, 6.07) is 4.64. The minimum atomic E-state index is -5.63. The molecule has 2 saturated heterocycles. The molecule has 0 saturated carbocycles. The Balaban J connectivity index is 1.40. The summed E-state index contributed by atoms with van der Waals surface area (Å²) in [6.07, 6.45) is 1.03. The zero-order valence-electron chi connectivity index (χ0n) is 27.8. The Morgan fingerprint density at radius 3 is 2.39 bits per heavy atom. The Kier molecular flexibility index (Phi) is 9.70. The second-order valence-electron chi connectivity index (χ2n) is 13.3. The summed E-state index contributed by atoms with van der Waals surface area (Å²) in [6.45, 7) is 9.54. The molecular formula is C34H42F4N8O3. The summed E-state index contributed by atoms with van der Waals surface area (Å²) < 4.78 is 66.5. The number of para-hydroxylation sites is 1. The number of piperazine rings is 1. The van der Waals surface area contributed by atoms with Crippen molar-refractivity contribution in [2.45, 2.75) is 56.7 Å². The highest BCUT2D eigenvalue weighted by atomic mass is 19.4. The quantitative estimate of drug-likeness (QED) is 0.424. The van der Waals surface area contributed by atoms with Crippen LogP contribution in [-0.2, 0) is 20.9 Å². The number of alkyl halides is 4. The highest BCUT2D eigenvalue weighted by Crippen LogP contribution is 2.53. The molecule has 2 fully saturated rings. The number of rotatable bonds is 7. The number of ether oxygens (including phenoxy) is 1. The zero-order valence-corrected chi connectivity index (χ0v) is 27.8. The highest BCUT2D eigenvalue weighted by Gasteiger charge is 2.68. The van der Waals surface area contributed by atoms with Gasteiger partial charge in [-0.1, -0.05) is 24.3 Å². The molecule has 5 heterocycles. The van der Waals surface area contributed by atoms with Crippen molar-refractivity contribution in [1.82, 2.24) is 25.1 Å². The molecule has 0 bridgehead atoms. The van der Waals surface area contributed by atoms with E-state index in [-0.39, 0.29) is 17.6 Å². The SMILES string of the molecule is C[C@@H]1CN(c2c(C3=CCCN(c4ncc(CN5CCOCC5)cn4)C3)cccc2C2C(=O)NC=C(C(N)=O)C2(F)C(F)(F)F)C[C@H](C)N1C. The summed E-state index contributed by atoms with van der Waals surface area (Å²) >= 11 is 0. The first-order valence-corrected chi connectivity index (χ1v) is 16.5. The molecule has 1 aromatic heterocycles. The monoisotopic (exact) mass is 686 g/mol. The number of amides is 2. The number of nitrogens with zero attached hydrogens (tertiary/aromatic N) is 6. The minimum absolute atomic E-state index is 0.00937. The molecule has 0 aliphatic carbocycles. The van der Waals surface area contributed by atoms with Gasteiger partial charge in [0.25, 0.3) is 5.67 Å². The summed E-state index contributed by atoms with van der Waals surface area (Å²) in [7, 11) is 1.97. The number of nitrogens with two attached hydrogens (primary N) is 1. The van der Waals surface area contributed by atoms with E-state index in [1.54, 1.807) is 18.5 Å². The van der Waals surface area contributed by atoms with Crippen LogP contribution >= 0.6 is 0 Å². The van der Waals surface area contributed by atoms with Crippen LogP contribution in [0.5, 0.6) is 0 Å². The Morgan fingerprint density at radius 2 is 1.76 bits per heavy atom. The maximum atomic E-state index is 16.8. The normalized spacial score (nSPS) is 27.4. The van der Waals surface area contributed by atoms with Crippen LogP contribution in [0, 0.1) is 0 Å².